The number of nitrogens with two attached hydrogens (primary N) is 1. The van der Waals surface area contributed by atoms with Gasteiger partial charge in [0.2, 0.25) is 0 Å². The number of hydrogen-bond donors (Lipinski definition) is 1. The Morgan fingerprint density at radius 1 is 1.37 bits per heavy atom. The Morgan fingerprint density at radius 3 is 2.63 bits per heavy atom. The van der Waals surface area contributed by atoms with E-state index >= 15 is 0 Å². The molecule has 0 bridgehead atoms. The zero-order valence-electron chi connectivity index (χ0n) is 12.3. The smallest absolute Gasteiger partial charge is 0.110 e. The van der Waals surface area contributed by atoms with Gasteiger partial charge in [0, 0.05) is 38.5 Å². The van der Waals surface area contributed by atoms with Crippen LogP contribution >= 0.6 is 0 Å². The van der Waals surface area contributed by atoms with E-state index < -0.39 is 0 Å². The first-order valence-corrected chi connectivity index (χ1v) is 7.52. The fraction of sp³-hybridized carbons (Fsp3) is 0.800. The summed E-state index contributed by atoms with van der Waals surface area (Å²) in [5.41, 5.74) is 6.35. The Bertz CT molecular complexity index is 380. The lowest BCUT2D eigenvalue weighted by atomic mass is 9.84. The maximum absolute atomic E-state index is 6.50. The van der Waals surface area contributed by atoms with E-state index in [0.717, 1.165) is 31.6 Å². The lowest BCUT2D eigenvalue weighted by molar-refractivity contribution is -0.0435. The number of methoxy groups -OCH3 is 1. The number of imidazole rings is 1. The lowest BCUT2D eigenvalue weighted by Gasteiger charge is -2.37. The molecule has 0 amide bonds. The number of ether oxygens (including phenoxy) is 1. The maximum Gasteiger partial charge on any atom is 0.110 e. The highest BCUT2D eigenvalue weighted by atomic mass is 16.5. The largest absolute Gasteiger partial charge is 0.377 e. The van der Waals surface area contributed by atoms with Gasteiger partial charge in [0.25, 0.3) is 0 Å². The Kier molecular flexibility index (Phi) is 4.99. The van der Waals surface area contributed by atoms with Crippen molar-refractivity contribution in [3.05, 3.63) is 18.2 Å². The SMILES string of the molecule is CCn1ccnc1CC(N)C1(OC)CCCCCC1. The predicted octanol–water partition coefficient (Wildman–Crippen LogP) is 2.51. The minimum atomic E-state index is -0.152. The Morgan fingerprint density at radius 2 is 2.05 bits per heavy atom. The third-order valence-electron chi connectivity index (χ3n) is 4.58. The second-order valence-corrected chi connectivity index (χ2v) is 5.62. The summed E-state index contributed by atoms with van der Waals surface area (Å²) in [6.45, 7) is 3.08. The van der Waals surface area contributed by atoms with E-state index in [1.165, 1.54) is 25.7 Å². The van der Waals surface area contributed by atoms with Crippen molar-refractivity contribution in [3.63, 3.8) is 0 Å². The van der Waals surface area contributed by atoms with Crippen molar-refractivity contribution in [2.24, 2.45) is 5.73 Å². The normalized spacial score (nSPS) is 21.0. The molecule has 2 rings (SSSR count). The van der Waals surface area contributed by atoms with Gasteiger partial charge in [0.05, 0.1) is 5.60 Å². The van der Waals surface area contributed by atoms with Gasteiger partial charge in [-0.2, -0.15) is 0 Å². The Balaban J connectivity index is 2.09. The average molecular weight is 265 g/mol. The van der Waals surface area contributed by atoms with E-state index in [4.69, 9.17) is 10.5 Å². The van der Waals surface area contributed by atoms with Crippen LogP contribution in [0.1, 0.15) is 51.3 Å². The van der Waals surface area contributed by atoms with Crippen LogP contribution in [0.15, 0.2) is 12.4 Å². The van der Waals surface area contributed by atoms with E-state index in [9.17, 15) is 0 Å². The van der Waals surface area contributed by atoms with Crippen LogP contribution in [0.3, 0.4) is 0 Å². The highest BCUT2D eigenvalue weighted by Crippen LogP contribution is 2.33. The molecule has 1 unspecified atom stereocenters. The van der Waals surface area contributed by atoms with E-state index in [1.807, 2.05) is 19.5 Å². The molecule has 1 heterocycles. The van der Waals surface area contributed by atoms with Crippen molar-refractivity contribution < 1.29 is 4.74 Å². The minimum Gasteiger partial charge on any atom is -0.377 e. The topological polar surface area (TPSA) is 53.1 Å². The maximum atomic E-state index is 6.50. The molecule has 1 saturated carbocycles. The van der Waals surface area contributed by atoms with Crippen molar-refractivity contribution in [1.29, 1.82) is 0 Å². The number of hydrogen-bond acceptors (Lipinski definition) is 3. The molecule has 4 nitrogen and oxygen atoms in total. The molecule has 108 valence electrons. The lowest BCUT2D eigenvalue weighted by Crippen LogP contribution is -2.50. The highest BCUT2D eigenvalue weighted by Gasteiger charge is 2.37. The first kappa shape index (κ1) is 14.5. The first-order chi connectivity index (χ1) is 9.22. The number of aryl methyl sites for hydroxylation is 1. The molecule has 1 aromatic rings. The van der Waals surface area contributed by atoms with Crippen LogP contribution < -0.4 is 5.73 Å². The van der Waals surface area contributed by atoms with Crippen LogP contribution in [0.5, 0.6) is 0 Å². The fourth-order valence-electron chi connectivity index (χ4n) is 3.25. The zero-order valence-corrected chi connectivity index (χ0v) is 12.3. The van der Waals surface area contributed by atoms with Gasteiger partial charge in [-0.05, 0) is 19.8 Å². The van der Waals surface area contributed by atoms with E-state index in [2.05, 4.69) is 16.5 Å². The van der Waals surface area contributed by atoms with Gasteiger partial charge >= 0.3 is 0 Å². The number of nitrogens with zero attached hydrogens (tertiary/aromatic N) is 2. The zero-order chi connectivity index (χ0) is 13.7. The van der Waals surface area contributed by atoms with Crippen molar-refractivity contribution in [2.45, 2.75) is 70.1 Å². The summed E-state index contributed by atoms with van der Waals surface area (Å²) >= 11 is 0. The predicted molar refractivity (Wildman–Crippen MR) is 77.0 cm³/mol. The van der Waals surface area contributed by atoms with Crippen LogP contribution in [0.2, 0.25) is 0 Å². The second kappa shape index (κ2) is 6.53. The van der Waals surface area contributed by atoms with Gasteiger partial charge in [-0.15, -0.1) is 0 Å². The minimum absolute atomic E-state index is 0.0308. The van der Waals surface area contributed by atoms with Crippen molar-refractivity contribution in [2.75, 3.05) is 7.11 Å². The molecule has 0 saturated heterocycles. The second-order valence-electron chi connectivity index (χ2n) is 5.62. The molecule has 0 aromatic carbocycles. The van der Waals surface area contributed by atoms with Crippen LogP contribution in [0, 0.1) is 0 Å². The summed E-state index contributed by atoms with van der Waals surface area (Å²) in [6.07, 6.45) is 11.9. The third kappa shape index (κ3) is 3.18. The molecule has 4 heteroatoms. The standard InChI is InChI=1S/C15H27N3O/c1-3-18-11-10-17-14(18)12-13(16)15(19-2)8-6-4-5-7-9-15/h10-11,13H,3-9,12,16H2,1-2H3. The third-order valence-corrected chi connectivity index (χ3v) is 4.58. The van der Waals surface area contributed by atoms with Crippen LogP contribution in [-0.4, -0.2) is 28.3 Å². The monoisotopic (exact) mass is 265 g/mol. The molecule has 1 atom stereocenters. The summed E-state index contributed by atoms with van der Waals surface area (Å²) in [5.74, 6) is 1.08. The molecule has 1 aromatic heterocycles. The average Bonchev–Trinajstić information content (AvgIpc) is 2.73. The summed E-state index contributed by atoms with van der Waals surface area (Å²) < 4.78 is 8.05. The van der Waals surface area contributed by atoms with E-state index in [1.54, 1.807) is 0 Å². The van der Waals surface area contributed by atoms with Gasteiger partial charge in [-0.25, -0.2) is 4.98 Å². The molecule has 2 N–H and O–H groups in total. The van der Waals surface area contributed by atoms with Crippen molar-refractivity contribution in [3.8, 4) is 0 Å². The molecule has 0 spiro atoms. The van der Waals surface area contributed by atoms with Gasteiger partial charge < -0.3 is 15.0 Å². The summed E-state index contributed by atoms with van der Waals surface area (Å²) in [7, 11) is 1.82. The molecule has 0 radical (unpaired) electrons. The van der Waals surface area contributed by atoms with Crippen LogP contribution in [0.25, 0.3) is 0 Å². The van der Waals surface area contributed by atoms with Gasteiger partial charge in [-0.3, -0.25) is 0 Å². The highest BCUT2D eigenvalue weighted by molar-refractivity contribution is 5.01. The van der Waals surface area contributed by atoms with Gasteiger partial charge in [-0.1, -0.05) is 25.7 Å². The molecular formula is C15H27N3O. The van der Waals surface area contributed by atoms with E-state index in [-0.39, 0.29) is 11.6 Å². The number of aromatic nitrogens is 2. The summed E-state index contributed by atoms with van der Waals surface area (Å²) in [6, 6.07) is 0.0308. The molecular weight excluding hydrogens is 238 g/mol. The first-order valence-electron chi connectivity index (χ1n) is 7.52. The van der Waals surface area contributed by atoms with Crippen molar-refractivity contribution >= 4 is 0 Å². The molecule has 0 aliphatic heterocycles. The fourth-order valence-corrected chi connectivity index (χ4v) is 3.25. The molecule has 1 aliphatic rings. The quantitative estimate of drug-likeness (QED) is 0.832. The van der Waals surface area contributed by atoms with Gasteiger partial charge in [0.1, 0.15) is 5.82 Å². The van der Waals surface area contributed by atoms with Crippen LogP contribution in [0.4, 0.5) is 0 Å². The van der Waals surface area contributed by atoms with E-state index in [0.29, 0.717) is 0 Å². The van der Waals surface area contributed by atoms with Gasteiger partial charge in [0.15, 0.2) is 0 Å². The Hall–Kier alpha value is -0.870. The molecule has 1 aliphatic carbocycles. The summed E-state index contributed by atoms with van der Waals surface area (Å²) in [4.78, 5) is 4.44. The Labute approximate surface area is 116 Å². The molecule has 1 fully saturated rings. The number of rotatable bonds is 5. The summed E-state index contributed by atoms with van der Waals surface area (Å²) in [5, 5.41) is 0. The van der Waals surface area contributed by atoms with Crippen molar-refractivity contribution in [1.82, 2.24) is 9.55 Å². The van der Waals surface area contributed by atoms with Crippen LogP contribution in [-0.2, 0) is 17.7 Å². The molecule has 19 heavy (non-hydrogen) atoms.